The molecule has 0 aliphatic heterocycles. The highest BCUT2D eigenvalue weighted by Gasteiger charge is 2.23. The zero-order valence-corrected chi connectivity index (χ0v) is 55.8. The van der Waals surface area contributed by atoms with Crippen LogP contribution >= 0.6 is 7.82 Å². The monoisotopic (exact) mass is 1180 g/mol. The smallest absolute Gasteiger partial charge is 0.268 e. The molecule has 0 aliphatic rings. The summed E-state index contributed by atoms with van der Waals surface area (Å²) >= 11 is 0. The topological polar surface area (TPSA) is 108 Å². The number of carbonyl (C=O) groups is 1. The van der Waals surface area contributed by atoms with Crippen molar-refractivity contribution in [3.05, 3.63) is 109 Å². The van der Waals surface area contributed by atoms with Gasteiger partial charge in [-0.15, -0.1) is 0 Å². The third-order valence-electron chi connectivity index (χ3n) is 15.2. The molecular formula is C74H133N2O6P. The Bertz CT molecular complexity index is 1720. The predicted octanol–water partition coefficient (Wildman–Crippen LogP) is 21.6. The largest absolute Gasteiger partial charge is 0.756 e. The Labute approximate surface area is 514 Å². The Balaban J connectivity index is 4.16. The second-order valence-corrected chi connectivity index (χ2v) is 25.9. The molecule has 1 amide bonds. The maximum atomic E-state index is 13.0. The summed E-state index contributed by atoms with van der Waals surface area (Å²) in [6.45, 7) is 4.53. The summed E-state index contributed by atoms with van der Waals surface area (Å²) in [5.74, 6) is -0.213. The van der Waals surface area contributed by atoms with Gasteiger partial charge in [0.15, 0.2) is 0 Å². The van der Waals surface area contributed by atoms with Crippen molar-refractivity contribution in [1.82, 2.24) is 5.32 Å². The lowest BCUT2D eigenvalue weighted by Gasteiger charge is -2.29. The first-order valence-corrected chi connectivity index (χ1v) is 36.2. The number of quaternary nitrogens is 1. The summed E-state index contributed by atoms with van der Waals surface area (Å²) in [6, 6.07) is -0.918. The van der Waals surface area contributed by atoms with E-state index >= 15 is 0 Å². The molecule has 0 saturated heterocycles. The minimum absolute atomic E-state index is 0.0130. The Morgan fingerprint density at radius 1 is 0.434 bits per heavy atom. The van der Waals surface area contributed by atoms with Crippen LogP contribution < -0.4 is 10.2 Å². The number of aliphatic hydroxyl groups is 1. The molecule has 0 fully saturated rings. The number of phosphoric acid groups is 1. The van der Waals surface area contributed by atoms with Gasteiger partial charge in [-0.1, -0.05) is 309 Å². The molecule has 0 spiro atoms. The highest BCUT2D eigenvalue weighted by molar-refractivity contribution is 7.45. The third-order valence-corrected chi connectivity index (χ3v) is 16.2. The standard InChI is InChI=1S/C74H133N2O6P/c1-6-8-10-12-14-16-18-20-22-24-26-28-30-32-34-36-37-38-39-40-42-44-46-48-50-52-54-56-58-60-62-64-66-68-74(78)75-72(71-82-83(79,80)81-70-69-76(3,4)5)73(77)67-65-63-61-59-57-55-53-51-49-47-45-43-41-35-33-31-29-27-25-23-21-19-17-15-13-11-9-7-2/h8,10,14,16,20,22,26,28,32,34,37-38,49,51,57,59,65,67,72-73,77H,6-7,9,11-13,15,17-19,21,23-25,27,29-31,33,35-36,39-48,50,52-56,58,60-64,66,68-71H2,1-5H3,(H-,75,78,79,80)/b10-8-,16-14-,22-20-,28-26-,34-32-,38-37-,51-49+,59-57+,67-65+. The number of amides is 1. The van der Waals surface area contributed by atoms with E-state index in [0.29, 0.717) is 17.4 Å². The van der Waals surface area contributed by atoms with Crippen molar-refractivity contribution in [3.63, 3.8) is 0 Å². The van der Waals surface area contributed by atoms with E-state index in [1.165, 1.54) is 199 Å². The van der Waals surface area contributed by atoms with Crippen molar-refractivity contribution in [2.45, 2.75) is 315 Å². The van der Waals surface area contributed by atoms with Gasteiger partial charge in [-0.3, -0.25) is 9.36 Å². The Morgan fingerprint density at radius 3 is 1.12 bits per heavy atom. The Hall–Kier alpha value is -2.84. The van der Waals surface area contributed by atoms with Crippen molar-refractivity contribution in [2.24, 2.45) is 0 Å². The summed E-state index contributed by atoms with van der Waals surface area (Å²) in [7, 11) is 1.23. The molecule has 2 N–H and O–H groups in total. The van der Waals surface area contributed by atoms with Crippen LogP contribution in [0.1, 0.15) is 303 Å². The number of carbonyl (C=O) groups excluding carboxylic acids is 1. The number of unbranched alkanes of at least 4 members (excludes halogenated alkanes) is 34. The van der Waals surface area contributed by atoms with Crippen molar-refractivity contribution < 1.29 is 32.9 Å². The van der Waals surface area contributed by atoms with Crippen molar-refractivity contribution in [3.8, 4) is 0 Å². The minimum atomic E-state index is -4.62. The van der Waals surface area contributed by atoms with Crippen LogP contribution in [0, 0.1) is 0 Å². The minimum Gasteiger partial charge on any atom is -0.756 e. The first-order chi connectivity index (χ1) is 40.5. The van der Waals surface area contributed by atoms with Crippen LogP contribution in [0.4, 0.5) is 0 Å². The van der Waals surface area contributed by atoms with E-state index < -0.39 is 26.6 Å². The van der Waals surface area contributed by atoms with Gasteiger partial charge in [0.05, 0.1) is 39.9 Å². The van der Waals surface area contributed by atoms with Gasteiger partial charge in [-0.25, -0.2) is 0 Å². The first-order valence-electron chi connectivity index (χ1n) is 34.7. The van der Waals surface area contributed by atoms with Gasteiger partial charge in [0, 0.05) is 6.42 Å². The molecular weight excluding hydrogens is 1040 g/mol. The molecule has 0 aromatic heterocycles. The van der Waals surface area contributed by atoms with Gasteiger partial charge in [-0.2, -0.15) is 0 Å². The average Bonchev–Trinajstić information content (AvgIpc) is 3.49. The summed E-state index contributed by atoms with van der Waals surface area (Å²) < 4.78 is 23.4. The molecule has 3 atom stereocenters. The van der Waals surface area contributed by atoms with Crippen molar-refractivity contribution >= 4 is 13.7 Å². The number of likely N-dealkylation sites (N-methyl/N-ethyl adjacent to an activating group) is 1. The zero-order chi connectivity index (χ0) is 60.5. The average molecular weight is 1180 g/mol. The van der Waals surface area contributed by atoms with E-state index in [9.17, 15) is 19.4 Å². The van der Waals surface area contributed by atoms with Crippen LogP contribution in [-0.2, 0) is 18.4 Å². The normalized spacial score (nSPS) is 14.3. The number of allylic oxidation sites excluding steroid dienone is 17. The maximum Gasteiger partial charge on any atom is 0.268 e. The molecule has 0 rings (SSSR count). The molecule has 9 heteroatoms. The lowest BCUT2D eigenvalue weighted by molar-refractivity contribution is -0.870. The van der Waals surface area contributed by atoms with Crippen molar-refractivity contribution in [2.75, 3.05) is 40.9 Å². The number of hydrogen-bond donors (Lipinski definition) is 2. The number of nitrogens with zero attached hydrogens (tertiary/aromatic N) is 1. The second kappa shape index (κ2) is 63.7. The lowest BCUT2D eigenvalue weighted by Crippen LogP contribution is -2.45. The van der Waals surface area contributed by atoms with Gasteiger partial charge >= 0.3 is 0 Å². The van der Waals surface area contributed by atoms with Gasteiger partial charge in [0.2, 0.25) is 5.91 Å². The molecule has 0 saturated carbocycles. The first kappa shape index (κ1) is 80.2. The molecule has 0 aromatic rings. The number of rotatable bonds is 63. The molecule has 83 heavy (non-hydrogen) atoms. The fraction of sp³-hybridized carbons (Fsp3) is 0.743. The summed E-state index contributed by atoms with van der Waals surface area (Å²) in [6.07, 6.45) is 93.5. The SMILES string of the molecule is CC/C=C\C/C=C\C/C=C\C/C=C\C/C=C\C/C=C\CCCCCCCCCCCCCCCCC(=O)NC(COP(=O)([O-])OCC[N+](C)(C)C)C(O)/C=C/CC/C=C/CC/C=C/CCCCCCCCCCCCCCCCCCCC. The van der Waals surface area contributed by atoms with E-state index in [4.69, 9.17) is 9.05 Å². The summed E-state index contributed by atoms with van der Waals surface area (Å²) in [5.41, 5.74) is 0. The molecule has 0 aliphatic carbocycles. The molecule has 8 nitrogen and oxygen atoms in total. The van der Waals surface area contributed by atoms with Gasteiger partial charge in [0.25, 0.3) is 7.82 Å². The molecule has 0 radical (unpaired) electrons. The summed E-state index contributed by atoms with van der Waals surface area (Å²) in [4.78, 5) is 25.6. The number of aliphatic hydroxyl groups excluding tert-OH is 1. The van der Waals surface area contributed by atoms with Crippen LogP contribution in [0.25, 0.3) is 0 Å². The summed E-state index contributed by atoms with van der Waals surface area (Å²) in [5, 5.41) is 13.9. The number of nitrogens with one attached hydrogen (secondary N) is 1. The van der Waals surface area contributed by atoms with E-state index in [1.807, 2.05) is 27.2 Å². The van der Waals surface area contributed by atoms with Gasteiger partial charge < -0.3 is 28.8 Å². The van der Waals surface area contributed by atoms with Gasteiger partial charge in [0.1, 0.15) is 13.2 Å². The van der Waals surface area contributed by atoms with Crippen LogP contribution in [-0.4, -0.2) is 68.5 Å². The molecule has 0 heterocycles. The van der Waals surface area contributed by atoms with Crippen LogP contribution in [0.15, 0.2) is 109 Å². The van der Waals surface area contributed by atoms with Crippen LogP contribution in [0.5, 0.6) is 0 Å². The van der Waals surface area contributed by atoms with Gasteiger partial charge in [-0.05, 0) is 96.3 Å². The molecule has 0 bridgehead atoms. The molecule has 0 aromatic carbocycles. The Kier molecular flexibility index (Phi) is 61.5. The zero-order valence-electron chi connectivity index (χ0n) is 54.9. The van der Waals surface area contributed by atoms with Crippen molar-refractivity contribution in [1.29, 1.82) is 0 Å². The van der Waals surface area contributed by atoms with E-state index in [-0.39, 0.29) is 12.5 Å². The number of phosphoric ester groups is 1. The van der Waals surface area contributed by atoms with E-state index in [1.54, 1.807) is 6.08 Å². The maximum absolute atomic E-state index is 13.0. The van der Waals surface area contributed by atoms with E-state index in [2.05, 4.69) is 116 Å². The highest BCUT2D eigenvalue weighted by Crippen LogP contribution is 2.38. The molecule has 3 unspecified atom stereocenters. The van der Waals surface area contributed by atoms with E-state index in [0.717, 1.165) is 83.5 Å². The number of hydrogen-bond acceptors (Lipinski definition) is 6. The molecule has 480 valence electrons. The second-order valence-electron chi connectivity index (χ2n) is 24.5. The lowest BCUT2D eigenvalue weighted by atomic mass is 10.0. The van der Waals surface area contributed by atoms with Crippen LogP contribution in [0.3, 0.4) is 0 Å². The highest BCUT2D eigenvalue weighted by atomic mass is 31.2. The third kappa shape index (κ3) is 66.5. The fourth-order valence-corrected chi connectivity index (χ4v) is 10.6. The quantitative estimate of drug-likeness (QED) is 0.0272. The van der Waals surface area contributed by atoms with Crippen LogP contribution in [0.2, 0.25) is 0 Å². The predicted molar refractivity (Wildman–Crippen MR) is 362 cm³/mol. The fourth-order valence-electron chi connectivity index (χ4n) is 9.84. The Morgan fingerprint density at radius 2 is 0.747 bits per heavy atom.